The van der Waals surface area contributed by atoms with Crippen LogP contribution in [0, 0.1) is 10.1 Å². The molecule has 0 aliphatic carbocycles. The van der Waals surface area contributed by atoms with E-state index in [2.05, 4.69) is 10.3 Å². The van der Waals surface area contributed by atoms with Gasteiger partial charge in [-0.1, -0.05) is 5.21 Å². The Labute approximate surface area is 83.7 Å². The molecule has 0 bridgehead atoms. The van der Waals surface area contributed by atoms with Crippen molar-refractivity contribution in [2.75, 3.05) is 0 Å². The third-order valence-electron chi connectivity index (χ3n) is 1.84. The van der Waals surface area contributed by atoms with Crippen LogP contribution >= 0.6 is 0 Å². The Bertz CT molecular complexity index is 495. The minimum Gasteiger partial charge on any atom is -0.502 e. The Balaban J connectivity index is 2.47. The molecule has 15 heavy (non-hydrogen) atoms. The maximum Gasteiger partial charge on any atom is 0.310 e. The fraction of sp³-hybridized carbons (Fsp3) is 0. The third-order valence-corrected chi connectivity index (χ3v) is 1.84. The maximum absolute atomic E-state index is 10.4. The third kappa shape index (κ3) is 1.62. The summed E-state index contributed by atoms with van der Waals surface area (Å²) < 4.78 is 1.39. The van der Waals surface area contributed by atoms with E-state index in [-0.39, 0.29) is 5.69 Å². The maximum atomic E-state index is 10.4. The number of phenolic OH excluding ortho intramolecular Hbond substituents is 1. The Morgan fingerprint density at radius 1 is 1.47 bits per heavy atom. The molecule has 1 aromatic carbocycles. The van der Waals surface area contributed by atoms with Crippen LogP contribution in [0.25, 0.3) is 5.69 Å². The van der Waals surface area contributed by atoms with Crippen LogP contribution < -0.4 is 0 Å². The zero-order chi connectivity index (χ0) is 10.8. The first-order valence-electron chi connectivity index (χ1n) is 4.02. The number of nitro benzene ring substituents is 1. The van der Waals surface area contributed by atoms with Gasteiger partial charge in [0.2, 0.25) is 0 Å². The van der Waals surface area contributed by atoms with Crippen LogP contribution in [-0.2, 0) is 0 Å². The molecular weight excluding hydrogens is 200 g/mol. The molecule has 0 amide bonds. The van der Waals surface area contributed by atoms with E-state index >= 15 is 0 Å². The summed E-state index contributed by atoms with van der Waals surface area (Å²) in [5.74, 6) is -0.395. The van der Waals surface area contributed by atoms with Crippen LogP contribution in [0.3, 0.4) is 0 Å². The van der Waals surface area contributed by atoms with Gasteiger partial charge in [-0.3, -0.25) is 10.1 Å². The second kappa shape index (κ2) is 3.37. The van der Waals surface area contributed by atoms with Crippen molar-refractivity contribution in [1.82, 2.24) is 15.0 Å². The monoisotopic (exact) mass is 206 g/mol. The largest absolute Gasteiger partial charge is 0.502 e. The normalized spacial score (nSPS) is 10.1. The van der Waals surface area contributed by atoms with Crippen molar-refractivity contribution in [2.24, 2.45) is 0 Å². The number of aromatic nitrogens is 3. The molecule has 0 unspecified atom stereocenters. The van der Waals surface area contributed by atoms with Gasteiger partial charge in [-0.05, 0) is 6.07 Å². The lowest BCUT2D eigenvalue weighted by molar-refractivity contribution is -0.385. The molecule has 0 radical (unpaired) electrons. The van der Waals surface area contributed by atoms with Gasteiger partial charge in [0.15, 0.2) is 5.75 Å². The van der Waals surface area contributed by atoms with Gasteiger partial charge in [-0.15, -0.1) is 5.10 Å². The molecule has 0 aliphatic heterocycles. The van der Waals surface area contributed by atoms with Gasteiger partial charge in [0.05, 0.1) is 23.0 Å². The summed E-state index contributed by atoms with van der Waals surface area (Å²) in [5.41, 5.74) is 0.175. The standard InChI is InChI=1S/C8H6N4O3/c13-8-5-6(11-4-3-9-10-11)1-2-7(8)12(14)15/h1-5,13H. The van der Waals surface area contributed by atoms with Crippen LogP contribution in [-0.4, -0.2) is 25.0 Å². The molecule has 1 aromatic heterocycles. The zero-order valence-electron chi connectivity index (χ0n) is 7.44. The molecule has 76 valence electrons. The number of nitro groups is 1. The van der Waals surface area contributed by atoms with Crippen molar-refractivity contribution in [3.63, 3.8) is 0 Å². The summed E-state index contributed by atoms with van der Waals surface area (Å²) in [6.07, 6.45) is 3.04. The quantitative estimate of drug-likeness (QED) is 0.581. The highest BCUT2D eigenvalue weighted by Gasteiger charge is 2.13. The molecule has 0 atom stereocenters. The summed E-state index contributed by atoms with van der Waals surface area (Å²) in [6.45, 7) is 0. The van der Waals surface area contributed by atoms with Gasteiger partial charge in [0.25, 0.3) is 0 Å². The lowest BCUT2D eigenvalue weighted by Crippen LogP contribution is -1.96. The fourth-order valence-corrected chi connectivity index (χ4v) is 1.15. The van der Waals surface area contributed by atoms with E-state index < -0.39 is 10.7 Å². The molecule has 7 nitrogen and oxygen atoms in total. The molecule has 0 fully saturated rings. The number of aromatic hydroxyl groups is 1. The van der Waals surface area contributed by atoms with Gasteiger partial charge < -0.3 is 5.11 Å². The Morgan fingerprint density at radius 2 is 2.27 bits per heavy atom. The van der Waals surface area contributed by atoms with E-state index in [1.807, 2.05) is 0 Å². The van der Waals surface area contributed by atoms with Gasteiger partial charge in [-0.25, -0.2) is 4.68 Å². The van der Waals surface area contributed by atoms with Crippen molar-refractivity contribution >= 4 is 5.69 Å². The van der Waals surface area contributed by atoms with Crippen LogP contribution in [0.15, 0.2) is 30.6 Å². The van der Waals surface area contributed by atoms with E-state index in [1.54, 1.807) is 6.20 Å². The first-order chi connectivity index (χ1) is 7.18. The number of rotatable bonds is 2. The lowest BCUT2D eigenvalue weighted by atomic mass is 10.2. The SMILES string of the molecule is O=[N+]([O-])c1ccc(-n2ccnn2)cc1O. The summed E-state index contributed by atoms with van der Waals surface area (Å²) in [5, 5.41) is 27.1. The van der Waals surface area contributed by atoms with Crippen LogP contribution in [0.2, 0.25) is 0 Å². The highest BCUT2D eigenvalue weighted by Crippen LogP contribution is 2.27. The van der Waals surface area contributed by atoms with E-state index in [0.717, 1.165) is 0 Å². The highest BCUT2D eigenvalue weighted by atomic mass is 16.6. The smallest absolute Gasteiger partial charge is 0.310 e. The van der Waals surface area contributed by atoms with E-state index in [1.165, 1.54) is 29.1 Å². The molecule has 0 saturated heterocycles. The molecule has 0 saturated carbocycles. The van der Waals surface area contributed by atoms with Gasteiger partial charge >= 0.3 is 5.69 Å². The number of phenols is 1. The number of nitrogens with zero attached hydrogens (tertiary/aromatic N) is 4. The van der Waals surface area contributed by atoms with Gasteiger partial charge in [-0.2, -0.15) is 0 Å². The lowest BCUT2D eigenvalue weighted by Gasteiger charge is -2.00. The molecule has 2 aromatic rings. The number of hydrogen-bond acceptors (Lipinski definition) is 5. The van der Waals surface area contributed by atoms with E-state index in [4.69, 9.17) is 0 Å². The molecule has 0 aliphatic rings. The fourth-order valence-electron chi connectivity index (χ4n) is 1.15. The van der Waals surface area contributed by atoms with Crippen molar-refractivity contribution in [3.8, 4) is 11.4 Å². The Kier molecular flexibility index (Phi) is 2.05. The molecule has 1 N–H and O–H groups in total. The molecule has 0 spiro atoms. The van der Waals surface area contributed by atoms with Gasteiger partial charge in [0.1, 0.15) is 0 Å². The second-order valence-corrected chi connectivity index (χ2v) is 2.78. The van der Waals surface area contributed by atoms with E-state index in [0.29, 0.717) is 5.69 Å². The zero-order valence-corrected chi connectivity index (χ0v) is 7.44. The molecular formula is C8H6N4O3. The minimum absolute atomic E-state index is 0.334. The second-order valence-electron chi connectivity index (χ2n) is 2.78. The average molecular weight is 206 g/mol. The van der Waals surface area contributed by atoms with Gasteiger partial charge in [0, 0.05) is 12.1 Å². The van der Waals surface area contributed by atoms with Crippen LogP contribution in [0.1, 0.15) is 0 Å². The predicted octanol–water partition coefficient (Wildman–Crippen LogP) is 0.881. The predicted molar refractivity (Wildman–Crippen MR) is 49.7 cm³/mol. The minimum atomic E-state index is -0.652. The topological polar surface area (TPSA) is 94.1 Å². The summed E-state index contributed by atoms with van der Waals surface area (Å²) >= 11 is 0. The molecule has 2 rings (SSSR count). The highest BCUT2D eigenvalue weighted by molar-refractivity contribution is 5.51. The Hall–Kier alpha value is -2.44. The van der Waals surface area contributed by atoms with Crippen LogP contribution in [0.5, 0.6) is 5.75 Å². The number of hydrogen-bond donors (Lipinski definition) is 1. The average Bonchev–Trinajstić information content (AvgIpc) is 2.69. The van der Waals surface area contributed by atoms with Crippen molar-refractivity contribution < 1.29 is 10.0 Å². The van der Waals surface area contributed by atoms with Crippen molar-refractivity contribution in [3.05, 3.63) is 40.7 Å². The first kappa shape index (κ1) is 9.13. The Morgan fingerprint density at radius 3 is 2.80 bits per heavy atom. The van der Waals surface area contributed by atoms with Crippen LogP contribution in [0.4, 0.5) is 5.69 Å². The van der Waals surface area contributed by atoms with E-state index in [9.17, 15) is 15.2 Å². The summed E-state index contributed by atoms with van der Waals surface area (Å²) in [4.78, 5) is 9.78. The van der Waals surface area contributed by atoms with Crippen molar-refractivity contribution in [2.45, 2.75) is 0 Å². The van der Waals surface area contributed by atoms with Crippen molar-refractivity contribution in [1.29, 1.82) is 0 Å². The number of benzene rings is 1. The first-order valence-corrected chi connectivity index (χ1v) is 4.02. The molecule has 1 heterocycles. The summed E-state index contributed by atoms with van der Waals surface area (Å²) in [7, 11) is 0. The summed E-state index contributed by atoms with van der Waals surface area (Å²) in [6, 6.07) is 3.95. The molecule has 7 heteroatoms.